The molecule has 0 bridgehead atoms. The van der Waals surface area contributed by atoms with Gasteiger partial charge in [-0.05, 0) is 80.0 Å². The fraction of sp³-hybridized carbons (Fsp3) is 0.379. The summed E-state index contributed by atoms with van der Waals surface area (Å²) in [6.45, 7) is 0. The fourth-order valence-corrected chi connectivity index (χ4v) is 5.16. The van der Waals surface area contributed by atoms with E-state index in [0.717, 1.165) is 18.3 Å². The van der Waals surface area contributed by atoms with Crippen molar-refractivity contribution in [2.75, 3.05) is 11.9 Å². The van der Waals surface area contributed by atoms with Crippen LogP contribution in [0.3, 0.4) is 0 Å². The largest absolute Gasteiger partial charge is 0.372 e. The Morgan fingerprint density at radius 1 is 0.733 bits per heavy atom. The maximum atomic E-state index is 2.53. The Morgan fingerprint density at radius 2 is 1.30 bits per heavy atom. The summed E-state index contributed by atoms with van der Waals surface area (Å²) in [6.07, 6.45) is 9.09. The van der Waals surface area contributed by atoms with Gasteiger partial charge in [0.15, 0.2) is 0 Å². The molecular formula is C29H35N. The molecule has 0 heterocycles. The van der Waals surface area contributed by atoms with Crippen molar-refractivity contribution in [3.8, 4) is 0 Å². The van der Waals surface area contributed by atoms with Gasteiger partial charge < -0.3 is 4.90 Å². The summed E-state index contributed by atoms with van der Waals surface area (Å²) in [6, 6.07) is 33.6. The molecule has 4 rings (SSSR count). The number of anilines is 1. The molecule has 0 radical (unpaired) electrons. The number of hydrogen-bond acceptors (Lipinski definition) is 1. The molecule has 1 atom stereocenters. The molecule has 0 amide bonds. The molecule has 30 heavy (non-hydrogen) atoms. The zero-order valence-electron chi connectivity index (χ0n) is 18.3. The first-order valence-corrected chi connectivity index (χ1v) is 11.7. The Kier molecular flexibility index (Phi) is 7.24. The van der Waals surface area contributed by atoms with E-state index in [-0.39, 0.29) is 0 Å². The number of benzene rings is 3. The van der Waals surface area contributed by atoms with Crippen molar-refractivity contribution in [2.45, 2.75) is 56.9 Å². The van der Waals surface area contributed by atoms with Crippen molar-refractivity contribution in [1.82, 2.24) is 0 Å². The monoisotopic (exact) mass is 397 g/mol. The summed E-state index contributed by atoms with van der Waals surface area (Å²) >= 11 is 0. The second-order valence-corrected chi connectivity index (χ2v) is 8.99. The van der Waals surface area contributed by atoms with Gasteiger partial charge in [-0.1, -0.05) is 78.9 Å². The molecule has 156 valence electrons. The molecule has 0 aliphatic heterocycles. The van der Waals surface area contributed by atoms with E-state index in [1.807, 2.05) is 0 Å². The lowest BCUT2D eigenvalue weighted by atomic mass is 9.76. The Labute approximate surface area is 182 Å². The topological polar surface area (TPSA) is 3.24 Å². The molecule has 0 saturated heterocycles. The highest BCUT2D eigenvalue weighted by atomic mass is 15.1. The van der Waals surface area contributed by atoms with Gasteiger partial charge in [-0.3, -0.25) is 0 Å². The SMILES string of the molecule is CN(c1ccccc1)C(CCc1ccccc1)CC1CCC(c2ccccc2)CC1. The zero-order chi connectivity index (χ0) is 20.6. The summed E-state index contributed by atoms with van der Waals surface area (Å²) in [7, 11) is 2.29. The standard InChI is InChI=1S/C29H35N/c1-30(28-15-9-4-10-16-28)29(22-19-24-11-5-2-6-12-24)23-25-17-20-27(21-18-25)26-13-7-3-8-14-26/h2-16,25,27,29H,17-23H2,1H3. The van der Waals surface area contributed by atoms with Gasteiger partial charge in [-0.2, -0.15) is 0 Å². The normalized spacial score (nSPS) is 19.9. The molecule has 3 aromatic rings. The van der Waals surface area contributed by atoms with E-state index in [4.69, 9.17) is 0 Å². The average Bonchev–Trinajstić information content (AvgIpc) is 2.83. The third-order valence-electron chi connectivity index (χ3n) is 7.04. The van der Waals surface area contributed by atoms with Crippen molar-refractivity contribution in [3.63, 3.8) is 0 Å². The second-order valence-electron chi connectivity index (χ2n) is 8.99. The molecule has 1 nitrogen and oxygen atoms in total. The van der Waals surface area contributed by atoms with E-state index in [2.05, 4.69) is 103 Å². The highest BCUT2D eigenvalue weighted by molar-refractivity contribution is 5.46. The molecule has 0 N–H and O–H groups in total. The molecule has 1 fully saturated rings. The van der Waals surface area contributed by atoms with E-state index in [1.165, 1.54) is 55.3 Å². The van der Waals surface area contributed by atoms with E-state index in [9.17, 15) is 0 Å². The number of para-hydroxylation sites is 1. The summed E-state index contributed by atoms with van der Waals surface area (Å²) in [5.74, 6) is 1.61. The van der Waals surface area contributed by atoms with Crippen LogP contribution in [-0.4, -0.2) is 13.1 Å². The second kappa shape index (κ2) is 10.5. The Morgan fingerprint density at radius 3 is 1.93 bits per heavy atom. The quantitative estimate of drug-likeness (QED) is 0.380. The number of rotatable bonds is 8. The van der Waals surface area contributed by atoms with Crippen molar-refractivity contribution < 1.29 is 0 Å². The third kappa shape index (κ3) is 5.53. The molecule has 3 aromatic carbocycles. The van der Waals surface area contributed by atoms with Gasteiger partial charge in [0.2, 0.25) is 0 Å². The highest BCUT2D eigenvalue weighted by Gasteiger charge is 2.26. The zero-order valence-corrected chi connectivity index (χ0v) is 18.3. The molecule has 1 heteroatoms. The first kappa shape index (κ1) is 20.7. The van der Waals surface area contributed by atoms with Crippen LogP contribution in [-0.2, 0) is 6.42 Å². The lowest BCUT2D eigenvalue weighted by Gasteiger charge is -2.36. The van der Waals surface area contributed by atoms with Crippen molar-refractivity contribution in [3.05, 3.63) is 102 Å². The smallest absolute Gasteiger partial charge is 0.0366 e. The van der Waals surface area contributed by atoms with Gasteiger partial charge in [0.1, 0.15) is 0 Å². The van der Waals surface area contributed by atoms with Crippen LogP contribution >= 0.6 is 0 Å². The summed E-state index contributed by atoms with van der Waals surface area (Å²) < 4.78 is 0. The lowest BCUT2D eigenvalue weighted by molar-refractivity contribution is 0.287. The van der Waals surface area contributed by atoms with Crippen LogP contribution < -0.4 is 4.90 Å². The van der Waals surface area contributed by atoms with Gasteiger partial charge in [-0.25, -0.2) is 0 Å². The van der Waals surface area contributed by atoms with Gasteiger partial charge in [0.05, 0.1) is 0 Å². The molecule has 1 unspecified atom stereocenters. The lowest BCUT2D eigenvalue weighted by Crippen LogP contribution is -2.34. The highest BCUT2D eigenvalue weighted by Crippen LogP contribution is 2.38. The average molecular weight is 398 g/mol. The third-order valence-corrected chi connectivity index (χ3v) is 7.04. The van der Waals surface area contributed by atoms with E-state index in [0.29, 0.717) is 6.04 Å². The van der Waals surface area contributed by atoms with Crippen LogP contribution in [0.5, 0.6) is 0 Å². The van der Waals surface area contributed by atoms with Crippen molar-refractivity contribution >= 4 is 5.69 Å². The van der Waals surface area contributed by atoms with Crippen molar-refractivity contribution in [2.24, 2.45) is 5.92 Å². The minimum atomic E-state index is 0.589. The Bertz CT molecular complexity index is 851. The molecule has 0 aromatic heterocycles. The number of aryl methyl sites for hydroxylation is 1. The van der Waals surface area contributed by atoms with Crippen LogP contribution in [0.15, 0.2) is 91.0 Å². The molecule has 1 aliphatic carbocycles. The number of nitrogens with zero attached hydrogens (tertiary/aromatic N) is 1. The molecule has 1 saturated carbocycles. The predicted octanol–water partition coefficient (Wildman–Crippen LogP) is 7.49. The molecule has 1 aliphatic rings. The first-order chi connectivity index (χ1) is 14.8. The fourth-order valence-electron chi connectivity index (χ4n) is 5.16. The first-order valence-electron chi connectivity index (χ1n) is 11.7. The van der Waals surface area contributed by atoms with Gasteiger partial charge in [0.25, 0.3) is 0 Å². The van der Waals surface area contributed by atoms with Gasteiger partial charge in [0, 0.05) is 18.8 Å². The van der Waals surface area contributed by atoms with E-state index < -0.39 is 0 Å². The molecule has 0 spiro atoms. The van der Waals surface area contributed by atoms with Crippen molar-refractivity contribution in [1.29, 1.82) is 0 Å². The number of hydrogen-bond donors (Lipinski definition) is 0. The van der Waals surface area contributed by atoms with E-state index in [1.54, 1.807) is 0 Å². The maximum absolute atomic E-state index is 2.53. The predicted molar refractivity (Wildman–Crippen MR) is 129 cm³/mol. The van der Waals surface area contributed by atoms with Crippen LogP contribution in [0.1, 0.15) is 55.6 Å². The maximum Gasteiger partial charge on any atom is 0.0366 e. The Hall–Kier alpha value is -2.54. The summed E-state index contributed by atoms with van der Waals surface area (Å²) in [4.78, 5) is 2.53. The summed E-state index contributed by atoms with van der Waals surface area (Å²) in [5.41, 5.74) is 4.34. The van der Waals surface area contributed by atoms with Crippen LogP contribution in [0.25, 0.3) is 0 Å². The minimum Gasteiger partial charge on any atom is -0.372 e. The van der Waals surface area contributed by atoms with Crippen LogP contribution in [0.4, 0.5) is 5.69 Å². The molecular weight excluding hydrogens is 362 g/mol. The van der Waals surface area contributed by atoms with Crippen LogP contribution in [0, 0.1) is 5.92 Å². The van der Waals surface area contributed by atoms with Gasteiger partial charge in [-0.15, -0.1) is 0 Å². The summed E-state index contributed by atoms with van der Waals surface area (Å²) in [5, 5.41) is 0. The van der Waals surface area contributed by atoms with Gasteiger partial charge >= 0.3 is 0 Å². The minimum absolute atomic E-state index is 0.589. The Balaban J connectivity index is 1.39. The van der Waals surface area contributed by atoms with Crippen LogP contribution in [0.2, 0.25) is 0 Å². The van der Waals surface area contributed by atoms with E-state index >= 15 is 0 Å².